The quantitative estimate of drug-likeness (QED) is 0.279. The summed E-state index contributed by atoms with van der Waals surface area (Å²) in [4.78, 5) is 23.7. The van der Waals surface area contributed by atoms with Gasteiger partial charge in [0, 0.05) is 11.3 Å². The zero-order chi connectivity index (χ0) is 25.2. The predicted octanol–water partition coefficient (Wildman–Crippen LogP) is 7.10. The maximum Gasteiger partial charge on any atom is 0.416 e. The molecule has 0 atom stereocenters. The van der Waals surface area contributed by atoms with Gasteiger partial charge in [0.2, 0.25) is 5.95 Å². The van der Waals surface area contributed by atoms with Crippen molar-refractivity contribution in [1.82, 2.24) is 15.0 Å². The molecule has 0 aliphatic heterocycles. The number of aromatic nitrogens is 3. The number of anilines is 2. The first-order valence-electron chi connectivity index (χ1n) is 9.76. The molecular weight excluding hydrogens is 508 g/mol. The molecule has 0 saturated carbocycles. The minimum atomic E-state index is -4.50. The zero-order valence-corrected chi connectivity index (χ0v) is 18.9. The molecule has 1 aromatic heterocycles. The Bertz CT molecular complexity index is 1360. The number of aromatic carboxylic acids is 1. The summed E-state index contributed by atoms with van der Waals surface area (Å²) in [6, 6.07) is 14.5. The normalized spacial score (nSPS) is 11.2. The second-order valence-corrected chi connectivity index (χ2v) is 7.82. The topological polar surface area (TPSA) is 97.2 Å². The fourth-order valence-corrected chi connectivity index (χ4v) is 3.37. The molecule has 0 amide bonds. The smallest absolute Gasteiger partial charge is 0.416 e. The third kappa shape index (κ3) is 5.79. The van der Waals surface area contributed by atoms with Crippen molar-refractivity contribution in [3.63, 3.8) is 0 Å². The van der Waals surface area contributed by atoms with Gasteiger partial charge in [0.25, 0.3) is 0 Å². The minimum Gasteiger partial charge on any atom is -0.478 e. The highest BCUT2D eigenvalue weighted by Gasteiger charge is 2.30. The number of nitrogens with one attached hydrogen (secondary N) is 1. The molecule has 0 aliphatic carbocycles. The van der Waals surface area contributed by atoms with Crippen molar-refractivity contribution in [2.45, 2.75) is 6.18 Å². The Hall–Kier alpha value is -3.89. The lowest BCUT2D eigenvalue weighted by Gasteiger charge is -2.12. The molecule has 178 valence electrons. The molecule has 0 bridgehead atoms. The van der Waals surface area contributed by atoms with Gasteiger partial charge in [-0.3, -0.25) is 0 Å². The van der Waals surface area contributed by atoms with E-state index in [2.05, 4.69) is 20.3 Å². The third-order valence-corrected chi connectivity index (χ3v) is 5.18. The van der Waals surface area contributed by atoms with Gasteiger partial charge in [-0.1, -0.05) is 41.4 Å². The number of hydrogen-bond acceptors (Lipinski definition) is 6. The average Bonchev–Trinajstić information content (AvgIpc) is 2.81. The first-order chi connectivity index (χ1) is 16.6. The fourth-order valence-electron chi connectivity index (χ4n) is 2.89. The SMILES string of the molecule is O=C(O)c1ccc(Nc2nc(Oc3c(Cl)cccc3Cl)nc(-c3ccc(C(F)(F)F)cc3)n2)cc1. The Morgan fingerprint density at radius 3 is 2.09 bits per heavy atom. The molecule has 2 N–H and O–H groups in total. The Balaban J connectivity index is 1.73. The van der Waals surface area contributed by atoms with Crippen LogP contribution in [0.2, 0.25) is 10.0 Å². The van der Waals surface area contributed by atoms with Crippen molar-refractivity contribution < 1.29 is 27.8 Å². The number of carboxylic acid groups (broad SMARTS) is 1. The first kappa shape index (κ1) is 24.2. The number of halogens is 5. The maximum absolute atomic E-state index is 13.0. The van der Waals surface area contributed by atoms with E-state index in [-0.39, 0.29) is 44.7 Å². The van der Waals surface area contributed by atoms with Gasteiger partial charge in [-0.15, -0.1) is 0 Å². The fraction of sp³-hybridized carbons (Fsp3) is 0.0435. The summed E-state index contributed by atoms with van der Waals surface area (Å²) in [5.41, 5.74) is -0.0402. The van der Waals surface area contributed by atoms with Crippen molar-refractivity contribution >= 4 is 40.8 Å². The molecule has 0 radical (unpaired) electrons. The molecule has 7 nitrogen and oxygen atoms in total. The van der Waals surface area contributed by atoms with Crippen molar-refractivity contribution in [2.75, 3.05) is 5.32 Å². The summed E-state index contributed by atoms with van der Waals surface area (Å²) in [6.45, 7) is 0. The van der Waals surface area contributed by atoms with Crippen molar-refractivity contribution in [1.29, 1.82) is 0 Å². The highest BCUT2D eigenvalue weighted by molar-refractivity contribution is 6.37. The lowest BCUT2D eigenvalue weighted by Crippen LogP contribution is -2.06. The lowest BCUT2D eigenvalue weighted by atomic mass is 10.1. The van der Waals surface area contributed by atoms with Gasteiger partial charge in [0.05, 0.1) is 21.2 Å². The van der Waals surface area contributed by atoms with Crippen LogP contribution in [0.4, 0.5) is 24.8 Å². The number of ether oxygens (including phenoxy) is 1. The van der Waals surface area contributed by atoms with Crippen LogP contribution < -0.4 is 10.1 Å². The summed E-state index contributed by atoms with van der Waals surface area (Å²) in [5, 5.41) is 12.3. The van der Waals surface area contributed by atoms with Crippen molar-refractivity contribution in [3.8, 4) is 23.1 Å². The molecular formula is C23H13Cl2F3N4O3. The van der Waals surface area contributed by atoms with E-state index in [9.17, 15) is 18.0 Å². The third-order valence-electron chi connectivity index (χ3n) is 4.59. The second kappa shape index (κ2) is 9.77. The van der Waals surface area contributed by atoms with E-state index in [4.69, 9.17) is 33.0 Å². The molecule has 3 aromatic carbocycles. The minimum absolute atomic E-state index is 0.0107. The van der Waals surface area contributed by atoms with Gasteiger partial charge in [-0.25, -0.2) is 4.79 Å². The number of para-hydroxylation sites is 1. The summed E-state index contributed by atoms with van der Waals surface area (Å²) in [7, 11) is 0. The molecule has 0 aliphatic rings. The maximum atomic E-state index is 13.0. The number of benzene rings is 3. The monoisotopic (exact) mass is 520 g/mol. The summed E-state index contributed by atoms with van der Waals surface area (Å²) >= 11 is 12.3. The van der Waals surface area contributed by atoms with Crippen LogP contribution in [-0.2, 0) is 6.18 Å². The molecule has 0 fully saturated rings. The predicted molar refractivity (Wildman–Crippen MR) is 123 cm³/mol. The van der Waals surface area contributed by atoms with Gasteiger partial charge in [0.15, 0.2) is 11.6 Å². The standard InChI is InChI=1S/C23H13Cl2F3N4O3/c24-16-2-1-3-17(25)18(16)35-22-31-19(12-4-8-14(9-5-12)23(26,27)28)30-21(32-22)29-15-10-6-13(7-11-15)20(33)34/h1-11H,(H,33,34)(H,29,30,31,32). The summed E-state index contributed by atoms with van der Waals surface area (Å²) in [6.07, 6.45) is -4.50. The largest absolute Gasteiger partial charge is 0.478 e. The van der Waals surface area contributed by atoms with Crippen LogP contribution in [0, 0.1) is 0 Å². The van der Waals surface area contributed by atoms with Gasteiger partial charge >= 0.3 is 18.2 Å². The Kier molecular flexibility index (Phi) is 6.77. The molecule has 1 heterocycles. The van der Waals surface area contributed by atoms with Crippen molar-refractivity contribution in [2.24, 2.45) is 0 Å². The van der Waals surface area contributed by atoms with E-state index in [1.807, 2.05) is 0 Å². The number of hydrogen-bond donors (Lipinski definition) is 2. The number of alkyl halides is 3. The molecule has 35 heavy (non-hydrogen) atoms. The summed E-state index contributed by atoms with van der Waals surface area (Å²) < 4.78 is 44.6. The van der Waals surface area contributed by atoms with Crippen molar-refractivity contribution in [3.05, 3.63) is 87.9 Å². The number of carbonyl (C=O) groups is 1. The Morgan fingerprint density at radius 2 is 1.51 bits per heavy atom. The highest BCUT2D eigenvalue weighted by Crippen LogP contribution is 2.36. The van der Waals surface area contributed by atoms with E-state index in [1.165, 1.54) is 36.4 Å². The molecule has 0 saturated heterocycles. The molecule has 12 heteroatoms. The van der Waals surface area contributed by atoms with Crippen LogP contribution in [0.5, 0.6) is 11.8 Å². The zero-order valence-electron chi connectivity index (χ0n) is 17.3. The molecule has 4 rings (SSSR count). The average molecular weight is 521 g/mol. The van der Waals surface area contributed by atoms with Crippen LogP contribution in [0.25, 0.3) is 11.4 Å². The van der Waals surface area contributed by atoms with Gasteiger partial charge in [-0.2, -0.15) is 28.1 Å². The van der Waals surface area contributed by atoms with Crippen LogP contribution in [-0.4, -0.2) is 26.0 Å². The van der Waals surface area contributed by atoms with E-state index < -0.39 is 17.7 Å². The van der Waals surface area contributed by atoms with E-state index in [0.717, 1.165) is 12.1 Å². The van der Waals surface area contributed by atoms with Gasteiger partial charge < -0.3 is 15.2 Å². The van der Waals surface area contributed by atoms with E-state index in [0.29, 0.717) is 5.69 Å². The van der Waals surface area contributed by atoms with Crippen LogP contribution in [0.3, 0.4) is 0 Å². The lowest BCUT2D eigenvalue weighted by molar-refractivity contribution is -0.137. The van der Waals surface area contributed by atoms with E-state index in [1.54, 1.807) is 18.2 Å². The summed E-state index contributed by atoms with van der Waals surface area (Å²) in [5.74, 6) is -1.02. The van der Waals surface area contributed by atoms with Crippen LogP contribution in [0.1, 0.15) is 15.9 Å². The van der Waals surface area contributed by atoms with Crippen LogP contribution >= 0.6 is 23.2 Å². The Morgan fingerprint density at radius 1 is 0.886 bits per heavy atom. The molecule has 0 unspecified atom stereocenters. The van der Waals surface area contributed by atoms with E-state index >= 15 is 0 Å². The first-order valence-corrected chi connectivity index (χ1v) is 10.5. The van der Waals surface area contributed by atoms with Gasteiger partial charge in [0.1, 0.15) is 0 Å². The van der Waals surface area contributed by atoms with Crippen LogP contribution in [0.15, 0.2) is 66.7 Å². The Labute approximate surface area is 206 Å². The number of nitrogens with zero attached hydrogens (tertiary/aromatic N) is 3. The second-order valence-electron chi connectivity index (χ2n) is 7.00. The number of carboxylic acids is 1. The number of rotatable bonds is 6. The molecule has 0 spiro atoms. The molecule has 4 aromatic rings. The van der Waals surface area contributed by atoms with Gasteiger partial charge in [-0.05, 0) is 48.5 Å². The highest BCUT2D eigenvalue weighted by atomic mass is 35.5.